The zero-order valence-corrected chi connectivity index (χ0v) is 22.3. The summed E-state index contributed by atoms with van der Waals surface area (Å²) in [7, 11) is 0. The molecule has 0 aromatic carbocycles. The van der Waals surface area contributed by atoms with Gasteiger partial charge in [0.05, 0.1) is 0 Å². The third kappa shape index (κ3) is 30.8. The number of esters is 3. The summed E-state index contributed by atoms with van der Waals surface area (Å²) in [5, 5.41) is 0. The van der Waals surface area contributed by atoms with Crippen LogP contribution in [0.5, 0.6) is 0 Å². The average molecular weight is 508 g/mol. The number of hydrogen-bond donors (Lipinski definition) is 2. The second-order valence-electron chi connectivity index (χ2n) is 8.66. The number of carbonyl (C=O) groups excluding carboxylic acids is 3. The molecule has 192 valence electrons. The molecular formula is C24H44O8Ti. The maximum atomic E-state index is 11.6. The molecule has 0 unspecified atom stereocenters. The van der Waals surface area contributed by atoms with Gasteiger partial charge in [-0.05, 0) is 19.3 Å². The number of carbonyl (C=O) groups is 3. The van der Waals surface area contributed by atoms with Crippen molar-refractivity contribution >= 4 is 17.9 Å². The van der Waals surface area contributed by atoms with Crippen molar-refractivity contribution < 1.29 is 53.2 Å². The first-order chi connectivity index (χ1) is 15.6. The molecule has 33 heavy (non-hydrogen) atoms. The van der Waals surface area contributed by atoms with Crippen LogP contribution in [-0.4, -0.2) is 31.9 Å². The summed E-state index contributed by atoms with van der Waals surface area (Å²) in [6, 6.07) is 0. The van der Waals surface area contributed by atoms with Gasteiger partial charge in [0.25, 0.3) is 0 Å². The Morgan fingerprint density at radius 1 is 0.788 bits per heavy atom. The second-order valence-corrected chi connectivity index (χ2v) is 9.54. The molecule has 0 heterocycles. The van der Waals surface area contributed by atoms with Gasteiger partial charge in [-0.1, -0.05) is 97.5 Å². The van der Waals surface area contributed by atoms with Gasteiger partial charge in [-0.25, -0.2) is 9.59 Å². The van der Waals surface area contributed by atoms with Crippen molar-refractivity contribution in [1.82, 2.24) is 0 Å². The molecule has 0 saturated heterocycles. The Kier molecular flexibility index (Phi) is 24.6. The molecule has 0 bridgehead atoms. The van der Waals surface area contributed by atoms with Crippen molar-refractivity contribution in [2.24, 2.45) is 5.92 Å². The summed E-state index contributed by atoms with van der Waals surface area (Å²) in [6.45, 7) is 8.91. The Morgan fingerprint density at radius 3 is 1.58 bits per heavy atom. The van der Waals surface area contributed by atoms with E-state index in [1.165, 1.54) is 71.1 Å². The van der Waals surface area contributed by atoms with E-state index in [0.29, 0.717) is 6.42 Å². The van der Waals surface area contributed by atoms with Crippen molar-refractivity contribution in [3.63, 3.8) is 0 Å². The molecule has 0 aliphatic carbocycles. The number of unbranched alkanes of at least 4 members (excludes halogenated alkanes) is 11. The van der Waals surface area contributed by atoms with Crippen LogP contribution in [0.2, 0.25) is 0 Å². The summed E-state index contributed by atoms with van der Waals surface area (Å²) in [4.78, 5) is 34.1. The number of hydrogen-bond acceptors (Lipinski definition) is 6. The molecule has 0 aromatic rings. The Morgan fingerprint density at radius 2 is 1.18 bits per heavy atom. The molecule has 0 rings (SSSR count). The third-order valence-corrected chi connectivity index (χ3v) is 4.81. The summed E-state index contributed by atoms with van der Waals surface area (Å²) in [6.07, 6.45) is 16.3. The van der Waals surface area contributed by atoms with Crippen LogP contribution in [0, 0.1) is 5.92 Å². The summed E-state index contributed by atoms with van der Waals surface area (Å²) >= 11 is -3.58. The van der Waals surface area contributed by atoms with Gasteiger partial charge >= 0.3 is 47.2 Å². The van der Waals surface area contributed by atoms with Crippen LogP contribution in [0.15, 0.2) is 12.2 Å². The first kappa shape index (κ1) is 34.0. The quantitative estimate of drug-likeness (QED) is 0.0865. The maximum absolute atomic E-state index is 11.6. The van der Waals surface area contributed by atoms with Crippen molar-refractivity contribution in [2.45, 2.75) is 111 Å². The summed E-state index contributed by atoms with van der Waals surface area (Å²) in [5.41, 5.74) is 0.196. The number of ether oxygens (including phenoxy) is 2. The van der Waals surface area contributed by atoms with Crippen LogP contribution in [0.4, 0.5) is 0 Å². The van der Waals surface area contributed by atoms with Crippen LogP contribution >= 0.6 is 0 Å². The first-order valence-corrected chi connectivity index (χ1v) is 14.1. The standard InChI is InChI=1S/C24H42O5.2H2O.O.Ti/c1-20(2)17-15-13-11-9-7-5-6-8-10-12-14-16-18-22(25)29-23(26)19-28-24(27)21(3)4;;;;/h20H,3,5-19H2,1-2,4H3;2*1H2;;/q;;;;+2/p-2. The van der Waals surface area contributed by atoms with Crippen molar-refractivity contribution in [2.75, 3.05) is 6.61 Å². The van der Waals surface area contributed by atoms with E-state index in [1.54, 1.807) is 0 Å². The molecule has 0 radical (unpaired) electrons. The van der Waals surface area contributed by atoms with E-state index in [1.807, 2.05) is 0 Å². The fraction of sp³-hybridized carbons (Fsp3) is 0.792. The minimum atomic E-state index is -3.58. The fourth-order valence-corrected chi connectivity index (χ4v) is 3.04. The molecule has 2 N–H and O–H groups in total. The molecule has 0 aliphatic rings. The fourth-order valence-electron chi connectivity index (χ4n) is 3.04. The minimum absolute atomic E-state index is 0.196. The molecular weight excluding hydrogens is 464 g/mol. The predicted molar refractivity (Wildman–Crippen MR) is 121 cm³/mol. The Bertz CT molecular complexity index is 571. The van der Waals surface area contributed by atoms with Crippen LogP contribution in [0.3, 0.4) is 0 Å². The van der Waals surface area contributed by atoms with Gasteiger partial charge in [-0.15, -0.1) is 0 Å². The topological polar surface area (TPSA) is 127 Å². The Labute approximate surface area is 206 Å². The SMILES string of the molecule is C=C(C)C(=O)OCC(=O)OC(=O)CCCCCCCCCCCCCCC(C)C.[O]=[Ti]([OH])[OH]. The average Bonchev–Trinajstić information content (AvgIpc) is 2.71. The van der Waals surface area contributed by atoms with Gasteiger partial charge in [-0.2, -0.15) is 0 Å². The molecule has 0 aliphatic heterocycles. The van der Waals surface area contributed by atoms with Gasteiger partial charge in [0.2, 0.25) is 0 Å². The van der Waals surface area contributed by atoms with Crippen molar-refractivity contribution in [3.05, 3.63) is 12.2 Å². The molecule has 9 heteroatoms. The second kappa shape index (κ2) is 23.9. The molecule has 0 atom stereocenters. The summed E-state index contributed by atoms with van der Waals surface area (Å²) in [5.74, 6) is -1.24. The first-order valence-electron chi connectivity index (χ1n) is 12.0. The van der Waals surface area contributed by atoms with Crippen LogP contribution < -0.4 is 0 Å². The zero-order chi connectivity index (χ0) is 25.5. The zero-order valence-electron chi connectivity index (χ0n) is 20.7. The summed E-state index contributed by atoms with van der Waals surface area (Å²) < 4.78 is 32.5. The van der Waals surface area contributed by atoms with E-state index < -0.39 is 43.1 Å². The number of rotatable bonds is 18. The Hall–Kier alpha value is -1.22. The van der Waals surface area contributed by atoms with Gasteiger partial charge in [0.1, 0.15) is 0 Å². The normalized spacial score (nSPS) is 10.2. The molecule has 0 amide bonds. The molecule has 0 fully saturated rings. The van der Waals surface area contributed by atoms with E-state index in [4.69, 9.17) is 10.7 Å². The third-order valence-electron chi connectivity index (χ3n) is 4.81. The van der Waals surface area contributed by atoms with Crippen LogP contribution in [0.25, 0.3) is 0 Å². The molecule has 0 spiro atoms. The van der Waals surface area contributed by atoms with E-state index in [-0.39, 0.29) is 12.0 Å². The van der Waals surface area contributed by atoms with E-state index in [2.05, 4.69) is 29.9 Å². The molecule has 0 saturated carbocycles. The van der Waals surface area contributed by atoms with Crippen molar-refractivity contribution in [1.29, 1.82) is 0 Å². The van der Waals surface area contributed by atoms with E-state index in [0.717, 1.165) is 18.8 Å². The molecule has 0 aromatic heterocycles. The molecule has 8 nitrogen and oxygen atoms in total. The Balaban J connectivity index is 0. The van der Waals surface area contributed by atoms with Gasteiger partial charge < -0.3 is 9.47 Å². The van der Waals surface area contributed by atoms with Gasteiger partial charge in [0.15, 0.2) is 6.61 Å². The van der Waals surface area contributed by atoms with Crippen LogP contribution in [-0.2, 0) is 45.8 Å². The van der Waals surface area contributed by atoms with Crippen LogP contribution in [0.1, 0.15) is 111 Å². The van der Waals surface area contributed by atoms with Gasteiger partial charge in [0, 0.05) is 12.0 Å². The van der Waals surface area contributed by atoms with E-state index >= 15 is 0 Å². The van der Waals surface area contributed by atoms with Gasteiger partial charge in [-0.3, -0.25) is 4.79 Å². The predicted octanol–water partition coefficient (Wildman–Crippen LogP) is 5.06. The monoisotopic (exact) mass is 508 g/mol. The van der Waals surface area contributed by atoms with E-state index in [9.17, 15) is 14.4 Å². The van der Waals surface area contributed by atoms with Crippen molar-refractivity contribution in [3.8, 4) is 0 Å².